The number of rotatable bonds is 61. The van der Waals surface area contributed by atoms with Crippen LogP contribution in [0.4, 0.5) is 0 Å². The Labute approximate surface area is 492 Å². The molecule has 0 aliphatic heterocycles. The number of phosphoric ester groups is 2. The predicted octanol–water partition coefficient (Wildman–Crippen LogP) is 16.9. The summed E-state index contributed by atoms with van der Waals surface area (Å²) in [5.41, 5.74) is 0. The lowest BCUT2D eigenvalue weighted by Gasteiger charge is -2.21. The minimum atomic E-state index is -4.94. The fourth-order valence-electron chi connectivity index (χ4n) is 9.18. The van der Waals surface area contributed by atoms with E-state index in [1.165, 1.54) is 103 Å². The average molecular weight is 1200 g/mol. The third-order valence-corrected chi connectivity index (χ3v) is 16.1. The van der Waals surface area contributed by atoms with Crippen LogP contribution in [0, 0.1) is 11.8 Å². The van der Waals surface area contributed by atoms with Gasteiger partial charge in [0.05, 0.1) is 26.4 Å². The number of esters is 4. The molecule has 0 amide bonds. The van der Waals surface area contributed by atoms with Crippen LogP contribution in [0.3, 0.4) is 0 Å². The number of aliphatic hydroxyl groups excluding tert-OH is 1. The molecule has 2 unspecified atom stereocenters. The van der Waals surface area contributed by atoms with Crippen LogP contribution in [-0.4, -0.2) is 96.7 Å². The van der Waals surface area contributed by atoms with E-state index < -0.39 is 97.5 Å². The van der Waals surface area contributed by atoms with Crippen LogP contribution < -0.4 is 0 Å². The summed E-state index contributed by atoms with van der Waals surface area (Å²) in [5, 5.41) is 10.5. The zero-order valence-corrected chi connectivity index (χ0v) is 53.9. The van der Waals surface area contributed by atoms with Crippen molar-refractivity contribution in [1.29, 1.82) is 0 Å². The van der Waals surface area contributed by atoms with E-state index in [1.807, 2.05) is 0 Å². The summed E-state index contributed by atoms with van der Waals surface area (Å²) in [7, 11) is -9.88. The largest absolute Gasteiger partial charge is 0.472 e. The van der Waals surface area contributed by atoms with E-state index in [9.17, 15) is 43.2 Å². The normalized spacial score (nSPS) is 14.4. The molecule has 0 spiro atoms. The van der Waals surface area contributed by atoms with Gasteiger partial charge in [-0.05, 0) is 37.5 Å². The van der Waals surface area contributed by atoms with Gasteiger partial charge in [-0.3, -0.25) is 37.3 Å². The second-order valence-corrected chi connectivity index (χ2v) is 26.3. The summed E-state index contributed by atoms with van der Waals surface area (Å²) in [4.78, 5) is 72.0. The molecule has 0 aromatic rings. The molecule has 0 aliphatic carbocycles. The molecule has 81 heavy (non-hydrogen) atoms. The monoisotopic (exact) mass is 1200 g/mol. The zero-order chi connectivity index (χ0) is 60.1. The second-order valence-electron chi connectivity index (χ2n) is 23.4. The van der Waals surface area contributed by atoms with Crippen molar-refractivity contribution in [2.24, 2.45) is 11.8 Å². The van der Waals surface area contributed by atoms with Crippen LogP contribution >= 0.6 is 15.6 Å². The minimum absolute atomic E-state index is 0.104. The first-order valence-corrected chi connectivity index (χ1v) is 35.5. The quantitative estimate of drug-likeness (QED) is 0.0222. The molecule has 0 saturated carbocycles. The van der Waals surface area contributed by atoms with Crippen LogP contribution in [-0.2, 0) is 65.4 Å². The second kappa shape index (κ2) is 54.7. The molecule has 0 aliphatic rings. The van der Waals surface area contributed by atoms with Crippen LogP contribution in [0.15, 0.2) is 0 Å². The van der Waals surface area contributed by atoms with Gasteiger partial charge in [-0.15, -0.1) is 0 Å². The maximum absolute atomic E-state index is 13.0. The molecule has 0 bridgehead atoms. The molecule has 0 saturated heterocycles. The molecular formula is C62H120O17P2. The first-order chi connectivity index (χ1) is 38.9. The number of hydrogen-bond donors (Lipinski definition) is 3. The Balaban J connectivity index is 5.20. The third-order valence-electron chi connectivity index (χ3n) is 14.2. The molecule has 0 radical (unpaired) electrons. The van der Waals surface area contributed by atoms with Gasteiger partial charge < -0.3 is 33.8 Å². The molecule has 0 fully saturated rings. The van der Waals surface area contributed by atoms with Crippen molar-refractivity contribution < 1.29 is 80.2 Å². The summed E-state index contributed by atoms with van der Waals surface area (Å²) in [6.07, 6.45) is 36.4. The van der Waals surface area contributed by atoms with Crippen molar-refractivity contribution in [3.63, 3.8) is 0 Å². The molecule has 3 N–H and O–H groups in total. The summed E-state index contributed by atoms with van der Waals surface area (Å²) >= 11 is 0. The van der Waals surface area contributed by atoms with Crippen LogP contribution in [0.25, 0.3) is 0 Å². The Kier molecular flexibility index (Phi) is 53.4. The molecule has 0 heterocycles. The van der Waals surface area contributed by atoms with E-state index in [1.54, 1.807) is 0 Å². The molecule has 0 aromatic heterocycles. The highest BCUT2D eigenvalue weighted by Gasteiger charge is 2.30. The van der Waals surface area contributed by atoms with E-state index >= 15 is 0 Å². The van der Waals surface area contributed by atoms with Gasteiger partial charge in [-0.25, -0.2) is 9.13 Å². The maximum atomic E-state index is 13.0. The summed E-state index contributed by atoms with van der Waals surface area (Å²) in [6.45, 7) is 9.38. The minimum Gasteiger partial charge on any atom is -0.462 e. The van der Waals surface area contributed by atoms with Gasteiger partial charge in [0.15, 0.2) is 12.2 Å². The smallest absolute Gasteiger partial charge is 0.462 e. The topological polar surface area (TPSA) is 237 Å². The molecule has 17 nitrogen and oxygen atoms in total. The van der Waals surface area contributed by atoms with Gasteiger partial charge in [-0.2, -0.15) is 0 Å². The molecule has 19 heteroatoms. The first kappa shape index (κ1) is 79.1. The highest BCUT2D eigenvalue weighted by Crippen LogP contribution is 2.45. The van der Waals surface area contributed by atoms with Crippen LogP contribution in [0.1, 0.15) is 305 Å². The van der Waals surface area contributed by atoms with E-state index in [2.05, 4.69) is 41.5 Å². The Morgan fingerprint density at radius 3 is 0.840 bits per heavy atom. The van der Waals surface area contributed by atoms with Crippen molar-refractivity contribution in [3.05, 3.63) is 0 Å². The molecule has 0 aromatic carbocycles. The Morgan fingerprint density at radius 1 is 0.333 bits per heavy atom. The van der Waals surface area contributed by atoms with Crippen molar-refractivity contribution >= 4 is 39.5 Å². The van der Waals surface area contributed by atoms with Crippen LogP contribution in [0.2, 0.25) is 0 Å². The van der Waals surface area contributed by atoms with Gasteiger partial charge >= 0.3 is 39.5 Å². The summed E-state index contributed by atoms with van der Waals surface area (Å²) in [5.74, 6) is -0.660. The Morgan fingerprint density at radius 2 is 0.568 bits per heavy atom. The standard InChI is InChI=1S/C62H120O17P2/c1-7-9-11-13-15-26-32-38-44-59(64)72-50-57(78-61(66)46-40-34-27-16-14-12-10-8-2)52-76-80(68,69)74-48-56(63)49-75-81(70,71)77-53-58(51-73-60(65)45-39-33-29-23-25-31-37-43-55(5)6)79-62(67)47-41-35-28-22-20-18-17-19-21-24-30-36-42-54(3)4/h54-58,63H,7-53H2,1-6H3,(H,68,69)(H,70,71)/t56-,57+,58+/m0/s1. The molecule has 5 atom stereocenters. The number of carbonyl (C=O) groups excluding carboxylic acids is 4. The molecule has 480 valence electrons. The maximum Gasteiger partial charge on any atom is 0.472 e. The van der Waals surface area contributed by atoms with E-state index in [-0.39, 0.29) is 25.7 Å². The number of ether oxygens (including phenoxy) is 4. The zero-order valence-electron chi connectivity index (χ0n) is 52.1. The lowest BCUT2D eigenvalue weighted by Crippen LogP contribution is -2.30. The first-order valence-electron chi connectivity index (χ1n) is 32.5. The van der Waals surface area contributed by atoms with Gasteiger partial charge in [0.1, 0.15) is 19.3 Å². The van der Waals surface area contributed by atoms with E-state index in [0.717, 1.165) is 115 Å². The summed E-state index contributed by atoms with van der Waals surface area (Å²) in [6, 6.07) is 0. The van der Waals surface area contributed by atoms with Gasteiger partial charge in [0, 0.05) is 25.7 Å². The molecule has 0 rings (SSSR count). The lowest BCUT2D eigenvalue weighted by molar-refractivity contribution is -0.161. The SMILES string of the molecule is CCCCCCCCCCC(=O)OC[C@H](COP(=O)(O)OC[C@H](O)COP(=O)(O)OC[C@@H](COC(=O)CCCCCCCCCC(C)C)OC(=O)CCCCCCCCCCCCCCC(C)C)OC(=O)CCCCCCCCCC. The highest BCUT2D eigenvalue weighted by molar-refractivity contribution is 7.47. The fraction of sp³-hybridized carbons (Fsp3) is 0.935. The van der Waals surface area contributed by atoms with Gasteiger partial charge in [0.2, 0.25) is 0 Å². The third kappa shape index (κ3) is 56.9. The summed E-state index contributed by atoms with van der Waals surface area (Å²) < 4.78 is 67.8. The van der Waals surface area contributed by atoms with Crippen molar-refractivity contribution in [1.82, 2.24) is 0 Å². The predicted molar refractivity (Wildman–Crippen MR) is 321 cm³/mol. The fourth-order valence-corrected chi connectivity index (χ4v) is 10.8. The van der Waals surface area contributed by atoms with Crippen LogP contribution in [0.5, 0.6) is 0 Å². The van der Waals surface area contributed by atoms with E-state index in [0.29, 0.717) is 31.6 Å². The number of unbranched alkanes of at least 4 members (excludes halogenated alkanes) is 31. The number of aliphatic hydroxyl groups is 1. The van der Waals surface area contributed by atoms with Gasteiger partial charge in [-0.1, -0.05) is 253 Å². The number of hydrogen-bond acceptors (Lipinski definition) is 15. The van der Waals surface area contributed by atoms with Crippen molar-refractivity contribution in [2.45, 2.75) is 323 Å². The Bertz CT molecular complexity index is 1600. The highest BCUT2D eigenvalue weighted by atomic mass is 31.2. The van der Waals surface area contributed by atoms with E-state index in [4.69, 9.17) is 37.0 Å². The number of carbonyl (C=O) groups is 4. The van der Waals surface area contributed by atoms with Gasteiger partial charge in [0.25, 0.3) is 0 Å². The average Bonchev–Trinajstić information content (AvgIpc) is 3.42. The number of phosphoric acid groups is 2. The van der Waals surface area contributed by atoms with Crippen molar-refractivity contribution in [2.75, 3.05) is 39.6 Å². The Hall–Kier alpha value is -1.94. The molecular weight excluding hydrogens is 1080 g/mol. The lowest BCUT2D eigenvalue weighted by atomic mass is 10.0. The van der Waals surface area contributed by atoms with Crippen molar-refractivity contribution in [3.8, 4) is 0 Å².